The highest BCUT2D eigenvalue weighted by atomic mass is 16.5. The first-order valence-electron chi connectivity index (χ1n) is 9.69. The van der Waals surface area contributed by atoms with Gasteiger partial charge in [0.05, 0.1) is 32.0 Å². The predicted octanol–water partition coefficient (Wildman–Crippen LogP) is 3.16. The Bertz CT molecular complexity index is 1060. The number of amides is 1. The van der Waals surface area contributed by atoms with Gasteiger partial charge in [0.25, 0.3) is 0 Å². The fourth-order valence-corrected chi connectivity index (χ4v) is 3.81. The van der Waals surface area contributed by atoms with E-state index in [0.717, 1.165) is 39.8 Å². The number of nitrogens with one attached hydrogen (secondary N) is 1. The van der Waals surface area contributed by atoms with Gasteiger partial charge in [0, 0.05) is 30.6 Å². The van der Waals surface area contributed by atoms with E-state index in [0.29, 0.717) is 31.1 Å². The van der Waals surface area contributed by atoms with Crippen molar-refractivity contribution in [3.8, 4) is 22.8 Å². The molecule has 6 heteroatoms. The van der Waals surface area contributed by atoms with Crippen LogP contribution in [0.5, 0.6) is 11.5 Å². The van der Waals surface area contributed by atoms with E-state index in [1.807, 2.05) is 24.3 Å². The van der Waals surface area contributed by atoms with E-state index < -0.39 is 0 Å². The topological polar surface area (TPSA) is 63.7 Å². The van der Waals surface area contributed by atoms with Crippen molar-refractivity contribution in [1.82, 2.24) is 15.2 Å². The molecule has 4 rings (SSSR count). The molecule has 0 radical (unpaired) electrons. The third kappa shape index (κ3) is 3.89. The minimum absolute atomic E-state index is 0.0634. The molecule has 1 fully saturated rings. The maximum atomic E-state index is 11.8. The second-order valence-electron chi connectivity index (χ2n) is 7.27. The lowest BCUT2D eigenvalue weighted by molar-refractivity contribution is -0.124. The third-order valence-corrected chi connectivity index (χ3v) is 5.29. The molecular weight excluding hydrogens is 366 g/mol. The first kappa shape index (κ1) is 19.2. The summed E-state index contributed by atoms with van der Waals surface area (Å²) < 4.78 is 10.9. The van der Waals surface area contributed by atoms with Gasteiger partial charge in [-0.15, -0.1) is 0 Å². The maximum absolute atomic E-state index is 11.8. The highest BCUT2D eigenvalue weighted by molar-refractivity contribution is 5.86. The molecule has 1 saturated heterocycles. The van der Waals surface area contributed by atoms with Crippen molar-refractivity contribution in [3.05, 3.63) is 53.6 Å². The number of carbonyl (C=O) groups excluding carboxylic acids is 1. The van der Waals surface area contributed by atoms with Crippen molar-refractivity contribution in [1.29, 1.82) is 0 Å². The summed E-state index contributed by atoms with van der Waals surface area (Å²) >= 11 is 0. The van der Waals surface area contributed by atoms with Gasteiger partial charge < -0.3 is 14.8 Å². The number of carbonyl (C=O) groups is 1. The summed E-state index contributed by atoms with van der Waals surface area (Å²) in [5.41, 5.74) is 5.07. The van der Waals surface area contributed by atoms with Crippen molar-refractivity contribution in [2.24, 2.45) is 0 Å². The molecular formula is C23H25N3O3. The largest absolute Gasteiger partial charge is 0.493 e. The lowest BCUT2D eigenvalue weighted by Gasteiger charge is -2.27. The number of hydrogen-bond acceptors (Lipinski definition) is 5. The molecule has 1 amide bonds. The molecule has 0 spiro atoms. The number of aryl methyl sites for hydroxylation is 1. The fraction of sp³-hybridized carbons (Fsp3) is 0.304. The quantitative estimate of drug-likeness (QED) is 0.724. The summed E-state index contributed by atoms with van der Waals surface area (Å²) in [5.74, 6) is 1.41. The zero-order valence-corrected chi connectivity index (χ0v) is 17.0. The van der Waals surface area contributed by atoms with E-state index in [1.54, 1.807) is 14.2 Å². The molecule has 6 nitrogen and oxygen atoms in total. The standard InChI is InChI=1S/C23H25N3O3/c1-15-5-4-6-16-11-18(13-26-10-9-24-21(27)14-26)23(25-22(15)16)17-7-8-19(28-2)20(12-17)29-3/h4-8,11-12H,9-10,13-14H2,1-3H3,(H,24,27). The number of methoxy groups -OCH3 is 2. The smallest absolute Gasteiger partial charge is 0.234 e. The number of para-hydroxylation sites is 1. The van der Waals surface area contributed by atoms with Gasteiger partial charge in [-0.3, -0.25) is 9.69 Å². The molecule has 0 bridgehead atoms. The lowest BCUT2D eigenvalue weighted by Crippen LogP contribution is -2.47. The first-order chi connectivity index (χ1) is 14.1. The third-order valence-electron chi connectivity index (χ3n) is 5.29. The van der Waals surface area contributed by atoms with Gasteiger partial charge in [-0.05, 0) is 42.3 Å². The molecule has 1 N–H and O–H groups in total. The Morgan fingerprint density at radius 1 is 1.10 bits per heavy atom. The zero-order chi connectivity index (χ0) is 20.4. The van der Waals surface area contributed by atoms with Crippen LogP contribution in [0.1, 0.15) is 11.1 Å². The summed E-state index contributed by atoms with van der Waals surface area (Å²) in [6.07, 6.45) is 0. The highest BCUT2D eigenvalue weighted by Crippen LogP contribution is 2.34. The number of fused-ring (bicyclic) bond motifs is 1. The normalized spacial score (nSPS) is 14.7. The van der Waals surface area contributed by atoms with E-state index in [4.69, 9.17) is 14.5 Å². The van der Waals surface area contributed by atoms with Crippen molar-refractivity contribution in [2.75, 3.05) is 33.9 Å². The van der Waals surface area contributed by atoms with Crippen molar-refractivity contribution < 1.29 is 14.3 Å². The average molecular weight is 391 g/mol. The van der Waals surface area contributed by atoms with Gasteiger partial charge in [-0.25, -0.2) is 4.98 Å². The molecule has 0 saturated carbocycles. The van der Waals surface area contributed by atoms with Crippen molar-refractivity contribution in [2.45, 2.75) is 13.5 Å². The summed E-state index contributed by atoms with van der Waals surface area (Å²) in [7, 11) is 3.26. The molecule has 29 heavy (non-hydrogen) atoms. The van der Waals surface area contributed by atoms with Crippen LogP contribution in [0.4, 0.5) is 0 Å². The number of benzene rings is 2. The van der Waals surface area contributed by atoms with E-state index in [2.05, 4.69) is 35.3 Å². The molecule has 1 aromatic heterocycles. The summed E-state index contributed by atoms with van der Waals surface area (Å²) in [6, 6.07) is 14.2. The van der Waals surface area contributed by atoms with Gasteiger partial charge >= 0.3 is 0 Å². The molecule has 3 aromatic rings. The van der Waals surface area contributed by atoms with Crippen molar-refractivity contribution in [3.63, 3.8) is 0 Å². The number of pyridine rings is 1. The minimum Gasteiger partial charge on any atom is -0.493 e. The van der Waals surface area contributed by atoms with Crippen LogP contribution < -0.4 is 14.8 Å². The Labute approximate surface area is 170 Å². The van der Waals surface area contributed by atoms with Gasteiger partial charge in [0.2, 0.25) is 5.91 Å². The second kappa shape index (κ2) is 8.09. The van der Waals surface area contributed by atoms with Crippen molar-refractivity contribution >= 4 is 16.8 Å². The number of piperazine rings is 1. The number of nitrogens with zero attached hydrogens (tertiary/aromatic N) is 2. The van der Waals surface area contributed by atoms with E-state index in [9.17, 15) is 4.79 Å². The Balaban J connectivity index is 1.84. The molecule has 0 unspecified atom stereocenters. The lowest BCUT2D eigenvalue weighted by atomic mass is 10.0. The first-order valence-corrected chi connectivity index (χ1v) is 9.69. The summed E-state index contributed by atoms with van der Waals surface area (Å²) in [4.78, 5) is 19.0. The van der Waals surface area contributed by atoms with Gasteiger partial charge in [-0.2, -0.15) is 0 Å². The molecule has 1 aliphatic rings. The van der Waals surface area contributed by atoms with Gasteiger partial charge in [-0.1, -0.05) is 18.2 Å². The van der Waals surface area contributed by atoms with Crippen LogP contribution >= 0.6 is 0 Å². The summed E-state index contributed by atoms with van der Waals surface area (Å²) in [5, 5.41) is 3.98. The Hall–Kier alpha value is -3.12. The zero-order valence-electron chi connectivity index (χ0n) is 17.0. The van der Waals surface area contributed by atoms with Gasteiger partial charge in [0.1, 0.15) is 0 Å². The summed E-state index contributed by atoms with van der Waals surface area (Å²) in [6.45, 7) is 4.63. The fourth-order valence-electron chi connectivity index (χ4n) is 3.81. The van der Waals surface area contributed by atoms with Crippen LogP contribution in [0.3, 0.4) is 0 Å². The van der Waals surface area contributed by atoms with Gasteiger partial charge in [0.15, 0.2) is 11.5 Å². The molecule has 150 valence electrons. The maximum Gasteiger partial charge on any atom is 0.234 e. The Kier molecular flexibility index (Phi) is 5.36. The average Bonchev–Trinajstić information content (AvgIpc) is 2.73. The SMILES string of the molecule is COc1ccc(-c2nc3c(C)cccc3cc2CN2CCNC(=O)C2)cc1OC. The second-order valence-corrected chi connectivity index (χ2v) is 7.27. The number of ether oxygens (including phenoxy) is 2. The van der Waals surface area contributed by atoms with Crippen LogP contribution in [-0.4, -0.2) is 49.6 Å². The minimum atomic E-state index is 0.0634. The molecule has 0 aliphatic carbocycles. The Morgan fingerprint density at radius 3 is 2.69 bits per heavy atom. The molecule has 0 atom stereocenters. The number of rotatable bonds is 5. The van der Waals surface area contributed by atoms with Crippen LogP contribution in [0.2, 0.25) is 0 Å². The Morgan fingerprint density at radius 2 is 1.93 bits per heavy atom. The molecule has 2 heterocycles. The van der Waals surface area contributed by atoms with E-state index >= 15 is 0 Å². The van der Waals surface area contributed by atoms with Crippen LogP contribution in [0.25, 0.3) is 22.2 Å². The number of hydrogen-bond donors (Lipinski definition) is 1. The van der Waals surface area contributed by atoms with Crippen LogP contribution in [0, 0.1) is 6.92 Å². The van der Waals surface area contributed by atoms with E-state index in [-0.39, 0.29) is 5.91 Å². The predicted molar refractivity (Wildman–Crippen MR) is 113 cm³/mol. The molecule has 2 aromatic carbocycles. The highest BCUT2D eigenvalue weighted by Gasteiger charge is 2.20. The van der Waals surface area contributed by atoms with Crippen LogP contribution in [0.15, 0.2) is 42.5 Å². The molecule has 1 aliphatic heterocycles. The monoisotopic (exact) mass is 391 g/mol. The number of aromatic nitrogens is 1. The van der Waals surface area contributed by atoms with Crippen LogP contribution in [-0.2, 0) is 11.3 Å². The van der Waals surface area contributed by atoms with E-state index in [1.165, 1.54) is 0 Å².